The molecule has 0 spiro atoms. The Bertz CT molecular complexity index is 1040. The topological polar surface area (TPSA) is 183 Å². The zero-order chi connectivity index (χ0) is 22.3. The Kier molecular flexibility index (Phi) is 7.48. The number of carbonyl (C=O) groups is 2. The summed E-state index contributed by atoms with van der Waals surface area (Å²) in [5, 5.41) is 23.4. The number of benzene rings is 1. The second-order valence-corrected chi connectivity index (χ2v) is 6.19. The number of nitrogens with zero attached hydrogens (tertiary/aromatic N) is 4. The van der Waals surface area contributed by atoms with Crippen molar-refractivity contribution in [3.63, 3.8) is 0 Å². The van der Waals surface area contributed by atoms with E-state index < -0.39 is 28.4 Å². The predicted molar refractivity (Wildman–Crippen MR) is 105 cm³/mol. The molecule has 2 aromatic rings. The molecule has 12 nitrogen and oxygen atoms in total. The summed E-state index contributed by atoms with van der Waals surface area (Å²) in [7, 11) is 0. The number of nitriles is 1. The minimum atomic E-state index is -0.864. The van der Waals surface area contributed by atoms with Gasteiger partial charge in [-0.2, -0.15) is 15.2 Å². The van der Waals surface area contributed by atoms with Crippen molar-refractivity contribution < 1.29 is 24.0 Å². The van der Waals surface area contributed by atoms with Crippen LogP contribution in [0.3, 0.4) is 0 Å². The Morgan fingerprint density at radius 3 is 2.70 bits per heavy atom. The second-order valence-electron chi connectivity index (χ2n) is 5.42. The minimum absolute atomic E-state index is 0.0963. The van der Waals surface area contributed by atoms with Crippen LogP contribution in [0.25, 0.3) is 0 Å². The number of nitro groups is 1. The van der Waals surface area contributed by atoms with Crippen LogP contribution in [0.5, 0.6) is 11.6 Å². The monoisotopic (exact) mass is 432 g/mol. The average Bonchev–Trinajstić information content (AvgIpc) is 2.71. The lowest BCUT2D eigenvalue weighted by Gasteiger charge is -2.12. The summed E-state index contributed by atoms with van der Waals surface area (Å²) in [6.07, 6.45) is 1.63. The number of carbonyl (C=O) groups excluding carboxylic acids is 2. The van der Waals surface area contributed by atoms with E-state index in [-0.39, 0.29) is 41.0 Å². The van der Waals surface area contributed by atoms with Gasteiger partial charge in [0.1, 0.15) is 12.3 Å². The maximum Gasteiger partial charge on any atom is 0.373 e. The zero-order valence-electron chi connectivity index (χ0n) is 15.9. The predicted octanol–water partition coefficient (Wildman–Crippen LogP) is 1.84. The summed E-state index contributed by atoms with van der Waals surface area (Å²) < 4.78 is 10.3. The van der Waals surface area contributed by atoms with E-state index in [0.29, 0.717) is 0 Å². The maximum absolute atomic E-state index is 11.7. The molecule has 0 atom stereocenters. The van der Waals surface area contributed by atoms with Crippen LogP contribution in [0.4, 0.5) is 11.5 Å². The van der Waals surface area contributed by atoms with Gasteiger partial charge in [-0.15, -0.1) is 0 Å². The second kappa shape index (κ2) is 10.0. The maximum atomic E-state index is 11.7. The fraction of sp³-hybridized carbons (Fsp3) is 0.235. The van der Waals surface area contributed by atoms with E-state index >= 15 is 0 Å². The van der Waals surface area contributed by atoms with Crippen molar-refractivity contribution in [2.24, 2.45) is 5.73 Å². The number of rotatable bonds is 9. The van der Waals surface area contributed by atoms with Crippen LogP contribution in [-0.2, 0) is 9.53 Å². The molecule has 0 unspecified atom stereocenters. The Morgan fingerprint density at radius 1 is 1.40 bits per heavy atom. The fourth-order valence-corrected chi connectivity index (χ4v) is 2.57. The van der Waals surface area contributed by atoms with Gasteiger partial charge in [0.2, 0.25) is 5.82 Å². The Hall–Kier alpha value is -3.92. The van der Waals surface area contributed by atoms with Gasteiger partial charge in [0.05, 0.1) is 28.7 Å². The number of hydrogen-bond acceptors (Lipinski definition) is 11. The van der Waals surface area contributed by atoms with Crippen molar-refractivity contribution >= 4 is 35.1 Å². The molecular formula is C17H16N6O6S. The van der Waals surface area contributed by atoms with Crippen LogP contribution in [0.1, 0.15) is 22.8 Å². The number of amides is 1. The van der Waals surface area contributed by atoms with Crippen molar-refractivity contribution in [3.05, 3.63) is 39.4 Å². The van der Waals surface area contributed by atoms with Crippen LogP contribution in [0.15, 0.2) is 23.4 Å². The molecule has 1 heterocycles. The van der Waals surface area contributed by atoms with Crippen LogP contribution in [0.2, 0.25) is 0 Å². The van der Waals surface area contributed by atoms with Gasteiger partial charge in [0.25, 0.3) is 5.91 Å². The summed E-state index contributed by atoms with van der Waals surface area (Å²) in [6.45, 7) is 1.38. The Labute approximate surface area is 174 Å². The highest BCUT2D eigenvalue weighted by atomic mass is 32.2. The lowest BCUT2D eigenvalue weighted by molar-refractivity contribution is -0.385. The van der Waals surface area contributed by atoms with E-state index in [1.807, 2.05) is 6.07 Å². The van der Waals surface area contributed by atoms with Gasteiger partial charge < -0.3 is 20.5 Å². The molecule has 0 radical (unpaired) electrons. The standard InChI is InChI=1S/C17H16N6O6S/c1-3-28-12(24)8-20-15-13(23(26)27)16(22-17(21-15)30-2)29-11-6-9(7-18)4-5-10(11)14(19)25/h4-6H,3,8H2,1-2H3,(H2,19,25)(H,20,21,22). The highest BCUT2D eigenvalue weighted by Gasteiger charge is 2.28. The van der Waals surface area contributed by atoms with Crippen molar-refractivity contribution in [1.29, 1.82) is 5.26 Å². The molecule has 1 aromatic carbocycles. The minimum Gasteiger partial charge on any atom is -0.465 e. The zero-order valence-corrected chi connectivity index (χ0v) is 16.7. The van der Waals surface area contributed by atoms with Gasteiger partial charge in [-0.25, -0.2) is 0 Å². The van der Waals surface area contributed by atoms with Crippen LogP contribution in [-0.4, -0.2) is 46.2 Å². The number of nitrogens with two attached hydrogens (primary N) is 1. The lowest BCUT2D eigenvalue weighted by atomic mass is 10.1. The molecule has 0 aliphatic heterocycles. The van der Waals surface area contributed by atoms with Crippen molar-refractivity contribution in [2.45, 2.75) is 12.1 Å². The van der Waals surface area contributed by atoms with E-state index in [4.69, 9.17) is 20.5 Å². The molecule has 0 aliphatic rings. The third kappa shape index (κ3) is 5.32. The largest absolute Gasteiger partial charge is 0.465 e. The first-order valence-corrected chi connectivity index (χ1v) is 9.54. The molecule has 30 heavy (non-hydrogen) atoms. The molecule has 156 valence electrons. The molecular weight excluding hydrogens is 416 g/mol. The smallest absolute Gasteiger partial charge is 0.373 e. The van der Waals surface area contributed by atoms with Gasteiger partial charge >= 0.3 is 17.5 Å². The van der Waals surface area contributed by atoms with Gasteiger partial charge in [-0.1, -0.05) is 11.8 Å². The van der Waals surface area contributed by atoms with Crippen molar-refractivity contribution in [2.75, 3.05) is 24.7 Å². The third-order valence-corrected chi connectivity index (χ3v) is 4.03. The Morgan fingerprint density at radius 2 is 2.13 bits per heavy atom. The number of thioether (sulfide) groups is 1. The number of anilines is 1. The molecule has 1 aromatic heterocycles. The van der Waals surface area contributed by atoms with E-state index in [0.717, 1.165) is 11.8 Å². The normalized spacial score (nSPS) is 10.0. The number of nitrogens with one attached hydrogen (secondary N) is 1. The number of primary amides is 1. The van der Waals surface area contributed by atoms with Crippen molar-refractivity contribution in [3.8, 4) is 17.7 Å². The van der Waals surface area contributed by atoms with E-state index in [9.17, 15) is 19.7 Å². The summed E-state index contributed by atoms with van der Waals surface area (Å²) in [5.74, 6) is -2.47. The van der Waals surface area contributed by atoms with E-state index in [1.54, 1.807) is 13.2 Å². The number of ether oxygens (including phenoxy) is 2. The van der Waals surface area contributed by atoms with E-state index in [2.05, 4.69) is 15.3 Å². The highest BCUT2D eigenvalue weighted by Crippen LogP contribution is 2.37. The fourth-order valence-electron chi connectivity index (χ4n) is 2.22. The summed E-state index contributed by atoms with van der Waals surface area (Å²) in [4.78, 5) is 42.2. The number of aromatic nitrogens is 2. The third-order valence-electron chi connectivity index (χ3n) is 3.48. The van der Waals surface area contributed by atoms with Gasteiger partial charge in [0, 0.05) is 0 Å². The average molecular weight is 432 g/mol. The Balaban J connectivity index is 2.56. The molecule has 0 fully saturated rings. The first-order chi connectivity index (χ1) is 14.3. The molecule has 3 N–H and O–H groups in total. The molecule has 13 heteroatoms. The van der Waals surface area contributed by atoms with Crippen molar-refractivity contribution in [1.82, 2.24) is 9.97 Å². The molecule has 0 saturated carbocycles. The first-order valence-electron chi connectivity index (χ1n) is 8.32. The van der Waals surface area contributed by atoms with Crippen LogP contribution in [0, 0.1) is 21.4 Å². The quantitative estimate of drug-likeness (QED) is 0.194. The lowest BCUT2D eigenvalue weighted by Crippen LogP contribution is -2.18. The summed E-state index contributed by atoms with van der Waals surface area (Å²) >= 11 is 1.07. The van der Waals surface area contributed by atoms with Gasteiger partial charge in [0.15, 0.2) is 5.16 Å². The molecule has 0 bridgehead atoms. The highest BCUT2D eigenvalue weighted by molar-refractivity contribution is 7.98. The SMILES string of the molecule is CCOC(=O)CNc1nc(SC)nc(Oc2cc(C#N)ccc2C(N)=O)c1[N+](=O)[O-]. The van der Waals surface area contributed by atoms with Crippen LogP contribution >= 0.6 is 11.8 Å². The summed E-state index contributed by atoms with van der Waals surface area (Å²) in [6, 6.07) is 5.68. The molecule has 0 saturated heterocycles. The van der Waals surface area contributed by atoms with Gasteiger partial charge in [-0.05, 0) is 31.4 Å². The van der Waals surface area contributed by atoms with Crippen LogP contribution < -0.4 is 15.8 Å². The molecule has 0 aliphatic carbocycles. The number of esters is 1. The van der Waals surface area contributed by atoms with Gasteiger partial charge in [-0.3, -0.25) is 19.7 Å². The number of hydrogen-bond donors (Lipinski definition) is 2. The molecule has 2 rings (SSSR count). The first kappa shape index (κ1) is 22.4. The van der Waals surface area contributed by atoms with E-state index in [1.165, 1.54) is 18.2 Å². The summed E-state index contributed by atoms with van der Waals surface area (Å²) in [5.41, 5.74) is 4.68. The molecule has 1 amide bonds.